The molecule has 1 heterocycles. The Kier molecular flexibility index (Phi) is 5.66. The van der Waals surface area contributed by atoms with Gasteiger partial charge in [0.1, 0.15) is 5.56 Å². The van der Waals surface area contributed by atoms with Gasteiger partial charge in [0, 0.05) is 38.8 Å². The maximum Gasteiger partial charge on any atom is 0.282 e. The second-order valence-corrected chi connectivity index (χ2v) is 6.31. The van der Waals surface area contributed by atoms with Crippen molar-refractivity contribution in [3.8, 4) is 5.75 Å². The monoisotopic (exact) mass is 373 g/mol. The number of hydrogen-bond acceptors (Lipinski definition) is 5. The Morgan fingerprint density at radius 2 is 1.89 bits per heavy atom. The van der Waals surface area contributed by atoms with Gasteiger partial charge in [-0.25, -0.2) is 4.39 Å². The summed E-state index contributed by atoms with van der Waals surface area (Å²) in [5.74, 6) is -0.531. The van der Waals surface area contributed by atoms with Crippen LogP contribution in [0.2, 0.25) is 0 Å². The molecule has 0 aliphatic carbocycles. The molecule has 7 nitrogen and oxygen atoms in total. The number of methoxy groups -OCH3 is 1. The Morgan fingerprint density at radius 3 is 2.52 bits per heavy atom. The molecule has 142 valence electrons. The number of halogens is 1. The van der Waals surface area contributed by atoms with E-state index in [1.54, 1.807) is 23.1 Å². The molecule has 0 unspecified atom stereocenters. The van der Waals surface area contributed by atoms with Crippen molar-refractivity contribution in [2.45, 2.75) is 6.54 Å². The Hall–Kier alpha value is -3.00. The van der Waals surface area contributed by atoms with Gasteiger partial charge in [-0.3, -0.25) is 19.8 Å². The molecule has 3 rings (SSSR count). The minimum Gasteiger partial charge on any atom is -0.494 e. The molecule has 27 heavy (non-hydrogen) atoms. The van der Waals surface area contributed by atoms with Crippen molar-refractivity contribution in [1.82, 2.24) is 9.80 Å². The zero-order valence-corrected chi connectivity index (χ0v) is 14.9. The molecule has 0 radical (unpaired) electrons. The predicted octanol–water partition coefficient (Wildman–Crippen LogP) is 2.70. The fourth-order valence-electron chi connectivity index (χ4n) is 3.16. The number of amides is 1. The Bertz CT molecular complexity index is 851. The third-order valence-corrected chi connectivity index (χ3v) is 4.61. The lowest BCUT2D eigenvalue weighted by molar-refractivity contribution is -0.385. The van der Waals surface area contributed by atoms with Crippen molar-refractivity contribution >= 4 is 11.6 Å². The van der Waals surface area contributed by atoms with E-state index >= 15 is 0 Å². The summed E-state index contributed by atoms with van der Waals surface area (Å²) in [4.78, 5) is 27.0. The maximum absolute atomic E-state index is 13.8. The van der Waals surface area contributed by atoms with Crippen molar-refractivity contribution in [1.29, 1.82) is 0 Å². The van der Waals surface area contributed by atoms with Crippen LogP contribution in [-0.4, -0.2) is 53.9 Å². The molecule has 1 saturated heterocycles. The lowest BCUT2D eigenvalue weighted by Gasteiger charge is -2.34. The number of nitro groups is 1. The first-order chi connectivity index (χ1) is 13.0. The number of nitrogens with zero attached hydrogens (tertiary/aromatic N) is 3. The highest BCUT2D eigenvalue weighted by Crippen LogP contribution is 2.22. The summed E-state index contributed by atoms with van der Waals surface area (Å²) < 4.78 is 18.7. The highest BCUT2D eigenvalue weighted by molar-refractivity contribution is 5.98. The van der Waals surface area contributed by atoms with E-state index in [4.69, 9.17) is 4.74 Å². The van der Waals surface area contributed by atoms with Crippen molar-refractivity contribution in [2.75, 3.05) is 33.3 Å². The molecule has 0 bridgehead atoms. The highest BCUT2D eigenvalue weighted by Gasteiger charge is 2.27. The van der Waals surface area contributed by atoms with E-state index in [-0.39, 0.29) is 22.9 Å². The number of benzene rings is 2. The van der Waals surface area contributed by atoms with E-state index in [2.05, 4.69) is 4.90 Å². The number of nitro benzene ring substituents is 1. The number of hydrogen-bond donors (Lipinski definition) is 0. The standard InChI is InChI=1S/C19H20FN3O4/c1-27-18-7-6-14(12-16(18)20)13-21-8-10-22(11-9-21)19(24)15-4-2-3-5-17(15)23(25)26/h2-7,12H,8-11,13H2,1H3. The molecule has 0 aromatic heterocycles. The van der Waals surface area contributed by atoms with Crippen LogP contribution >= 0.6 is 0 Å². The summed E-state index contributed by atoms with van der Waals surface area (Å²) >= 11 is 0. The smallest absolute Gasteiger partial charge is 0.282 e. The first-order valence-corrected chi connectivity index (χ1v) is 8.57. The zero-order chi connectivity index (χ0) is 19.4. The summed E-state index contributed by atoms with van der Waals surface area (Å²) in [5.41, 5.74) is 0.749. The molecule has 1 aliphatic heterocycles. The third kappa shape index (κ3) is 4.22. The summed E-state index contributed by atoms with van der Waals surface area (Å²) in [7, 11) is 1.42. The number of rotatable bonds is 5. The van der Waals surface area contributed by atoms with Gasteiger partial charge in [-0.05, 0) is 23.8 Å². The molecule has 8 heteroatoms. The number of ether oxygens (including phenoxy) is 1. The van der Waals surface area contributed by atoms with Crippen LogP contribution in [-0.2, 0) is 6.54 Å². The molecule has 2 aromatic carbocycles. The van der Waals surface area contributed by atoms with E-state index < -0.39 is 10.7 Å². The van der Waals surface area contributed by atoms with E-state index in [0.717, 1.165) is 5.56 Å². The van der Waals surface area contributed by atoms with Crippen LogP contribution < -0.4 is 4.74 Å². The van der Waals surface area contributed by atoms with Gasteiger partial charge in [0.15, 0.2) is 11.6 Å². The fraction of sp³-hybridized carbons (Fsp3) is 0.316. The minimum atomic E-state index is -0.540. The van der Waals surface area contributed by atoms with Crippen molar-refractivity contribution in [3.05, 3.63) is 69.5 Å². The van der Waals surface area contributed by atoms with Gasteiger partial charge in [0.2, 0.25) is 0 Å². The average Bonchev–Trinajstić information content (AvgIpc) is 2.68. The van der Waals surface area contributed by atoms with Crippen LogP contribution in [0.15, 0.2) is 42.5 Å². The van der Waals surface area contributed by atoms with Gasteiger partial charge < -0.3 is 9.64 Å². The van der Waals surface area contributed by atoms with Gasteiger partial charge in [0.25, 0.3) is 11.6 Å². The predicted molar refractivity (Wildman–Crippen MR) is 97.2 cm³/mol. The summed E-state index contributed by atoms with van der Waals surface area (Å²) in [6.07, 6.45) is 0. The average molecular weight is 373 g/mol. The molecule has 1 aliphatic rings. The molecule has 1 fully saturated rings. The van der Waals surface area contributed by atoms with Crippen LogP contribution in [0.4, 0.5) is 10.1 Å². The number of carbonyl (C=O) groups excluding carboxylic acids is 1. The van der Waals surface area contributed by atoms with Gasteiger partial charge in [-0.2, -0.15) is 0 Å². The van der Waals surface area contributed by atoms with Crippen LogP contribution in [0.5, 0.6) is 5.75 Å². The Balaban J connectivity index is 1.61. The molecule has 0 atom stereocenters. The number of para-hydroxylation sites is 1. The molecular formula is C19H20FN3O4. The molecule has 1 amide bonds. The molecular weight excluding hydrogens is 353 g/mol. The lowest BCUT2D eigenvalue weighted by atomic mass is 10.1. The van der Waals surface area contributed by atoms with E-state index in [1.807, 2.05) is 6.07 Å². The highest BCUT2D eigenvalue weighted by atomic mass is 19.1. The summed E-state index contributed by atoms with van der Waals surface area (Å²) in [6.45, 7) is 2.71. The number of piperazine rings is 1. The minimum absolute atomic E-state index is 0.105. The largest absolute Gasteiger partial charge is 0.494 e. The Morgan fingerprint density at radius 1 is 1.19 bits per heavy atom. The summed E-state index contributed by atoms with van der Waals surface area (Å²) in [6, 6.07) is 10.8. The fourth-order valence-corrected chi connectivity index (χ4v) is 3.16. The van der Waals surface area contributed by atoms with Crippen LogP contribution in [0.1, 0.15) is 15.9 Å². The van der Waals surface area contributed by atoms with E-state index in [9.17, 15) is 19.3 Å². The maximum atomic E-state index is 13.8. The lowest BCUT2D eigenvalue weighted by Crippen LogP contribution is -2.48. The topological polar surface area (TPSA) is 75.9 Å². The third-order valence-electron chi connectivity index (χ3n) is 4.61. The van der Waals surface area contributed by atoms with Gasteiger partial charge in [-0.1, -0.05) is 18.2 Å². The first kappa shape index (κ1) is 18.8. The van der Waals surface area contributed by atoms with Crippen molar-refractivity contribution < 1.29 is 18.8 Å². The quantitative estimate of drug-likeness (QED) is 0.595. The van der Waals surface area contributed by atoms with Gasteiger partial charge >= 0.3 is 0 Å². The molecule has 0 saturated carbocycles. The second kappa shape index (κ2) is 8.13. The van der Waals surface area contributed by atoms with Crippen LogP contribution in [0.3, 0.4) is 0 Å². The Labute approximate surface area is 156 Å². The number of carbonyl (C=O) groups is 1. The molecule has 0 spiro atoms. The SMILES string of the molecule is COc1ccc(CN2CCN(C(=O)c3ccccc3[N+](=O)[O-])CC2)cc1F. The summed E-state index contributed by atoms with van der Waals surface area (Å²) in [5, 5.41) is 11.1. The normalized spacial score (nSPS) is 14.8. The van der Waals surface area contributed by atoms with Gasteiger partial charge in [0.05, 0.1) is 12.0 Å². The first-order valence-electron chi connectivity index (χ1n) is 8.57. The molecule has 2 aromatic rings. The van der Waals surface area contributed by atoms with Crippen molar-refractivity contribution in [3.63, 3.8) is 0 Å². The van der Waals surface area contributed by atoms with E-state index in [1.165, 1.54) is 25.3 Å². The molecule has 0 N–H and O–H groups in total. The van der Waals surface area contributed by atoms with E-state index in [0.29, 0.717) is 32.7 Å². The van der Waals surface area contributed by atoms with Crippen LogP contribution in [0, 0.1) is 15.9 Å². The zero-order valence-electron chi connectivity index (χ0n) is 14.9. The van der Waals surface area contributed by atoms with Gasteiger partial charge in [-0.15, -0.1) is 0 Å². The van der Waals surface area contributed by atoms with Crippen molar-refractivity contribution in [2.24, 2.45) is 0 Å². The van der Waals surface area contributed by atoms with Crippen LogP contribution in [0.25, 0.3) is 0 Å². The second-order valence-electron chi connectivity index (χ2n) is 6.31.